The monoisotopic (exact) mass is 554 g/mol. The first-order chi connectivity index (χ1) is 18.5. The lowest BCUT2D eigenvalue weighted by molar-refractivity contribution is -0.142. The molecular weight excluding hydrogens is 508 g/mol. The van der Waals surface area contributed by atoms with Gasteiger partial charge in [-0.25, -0.2) is 0 Å². The zero-order valence-corrected chi connectivity index (χ0v) is 22.8. The fourth-order valence-electron chi connectivity index (χ4n) is 4.25. The first kappa shape index (κ1) is 33.6. The van der Waals surface area contributed by atoms with E-state index >= 15 is 0 Å². The molecule has 1 aliphatic rings. The topological polar surface area (TPSA) is 267 Å². The Bertz CT molecular complexity index is 864. The highest BCUT2D eigenvalue weighted by atomic mass is 16.2. The molecule has 1 aliphatic heterocycles. The average Bonchev–Trinajstić information content (AvgIpc) is 3.39. The van der Waals surface area contributed by atoms with E-state index in [1.54, 1.807) is 0 Å². The van der Waals surface area contributed by atoms with Crippen LogP contribution in [0.2, 0.25) is 0 Å². The maximum atomic E-state index is 13.5. The normalized spacial score (nSPS) is 17.0. The number of likely N-dealkylation sites (tertiary alicyclic amines) is 1. The number of rotatable bonds is 18. The second-order valence-corrected chi connectivity index (χ2v) is 9.62. The Hall–Kier alpha value is -3.46. The van der Waals surface area contributed by atoms with E-state index in [1.165, 1.54) is 4.90 Å². The van der Waals surface area contributed by atoms with Gasteiger partial charge in [-0.1, -0.05) is 19.8 Å². The summed E-state index contributed by atoms with van der Waals surface area (Å²) in [5.74, 6) is -2.79. The van der Waals surface area contributed by atoms with Crippen molar-refractivity contribution in [2.24, 2.45) is 33.7 Å². The molecule has 1 rings (SSSR count). The maximum absolute atomic E-state index is 13.5. The van der Waals surface area contributed by atoms with Crippen molar-refractivity contribution in [3.05, 3.63) is 0 Å². The second kappa shape index (κ2) is 17.9. The highest BCUT2D eigenvalue weighted by molar-refractivity contribution is 5.95. The molecule has 0 aromatic carbocycles. The van der Waals surface area contributed by atoms with Crippen molar-refractivity contribution in [3.8, 4) is 0 Å². The van der Waals surface area contributed by atoms with Crippen LogP contribution in [0.1, 0.15) is 64.7 Å². The van der Waals surface area contributed by atoms with E-state index in [0.717, 1.165) is 12.8 Å². The minimum absolute atomic E-state index is 0.100. The van der Waals surface area contributed by atoms with Gasteiger partial charge in [0.05, 0.1) is 12.6 Å². The summed E-state index contributed by atoms with van der Waals surface area (Å²) in [5, 5.41) is 7.81. The number of guanidine groups is 1. The van der Waals surface area contributed by atoms with Crippen molar-refractivity contribution in [2.75, 3.05) is 26.2 Å². The Balaban J connectivity index is 2.97. The molecule has 39 heavy (non-hydrogen) atoms. The first-order valence-electron chi connectivity index (χ1n) is 13.5. The number of nitrogens with two attached hydrogens (primary N) is 5. The largest absolute Gasteiger partial charge is 0.370 e. The van der Waals surface area contributed by atoms with Crippen LogP contribution >= 0.6 is 0 Å². The molecule has 222 valence electrons. The summed E-state index contributed by atoms with van der Waals surface area (Å²) in [6, 6.07) is -3.47. The number of aliphatic imine (C=N–C) groups is 1. The molecule has 0 spiro atoms. The third-order valence-corrected chi connectivity index (χ3v) is 6.37. The minimum atomic E-state index is -1.01. The summed E-state index contributed by atoms with van der Waals surface area (Å²) in [6.07, 6.45) is 4.46. The first-order valence-corrected chi connectivity index (χ1v) is 13.5. The summed E-state index contributed by atoms with van der Waals surface area (Å²) in [5.41, 5.74) is 27.4. The van der Waals surface area contributed by atoms with Crippen LogP contribution in [0.25, 0.3) is 0 Å². The van der Waals surface area contributed by atoms with E-state index < -0.39 is 60.2 Å². The summed E-state index contributed by atoms with van der Waals surface area (Å²) in [6.45, 7) is 2.47. The summed E-state index contributed by atoms with van der Waals surface area (Å²) >= 11 is 0. The van der Waals surface area contributed by atoms with Gasteiger partial charge in [-0.05, 0) is 51.5 Å². The molecule has 0 aliphatic carbocycles. The van der Waals surface area contributed by atoms with Crippen molar-refractivity contribution < 1.29 is 24.0 Å². The van der Waals surface area contributed by atoms with Crippen LogP contribution < -0.4 is 44.6 Å². The van der Waals surface area contributed by atoms with Gasteiger partial charge in [0.15, 0.2) is 5.96 Å². The molecule has 13 N–H and O–H groups in total. The molecule has 15 nitrogen and oxygen atoms in total. The van der Waals surface area contributed by atoms with E-state index in [-0.39, 0.29) is 18.9 Å². The molecule has 1 fully saturated rings. The lowest BCUT2D eigenvalue weighted by atomic mass is 10.1. The predicted octanol–water partition coefficient (Wildman–Crippen LogP) is -3.14. The Morgan fingerprint density at radius 2 is 1.64 bits per heavy atom. The Kier molecular flexibility index (Phi) is 15.4. The van der Waals surface area contributed by atoms with Crippen molar-refractivity contribution in [1.29, 1.82) is 0 Å². The van der Waals surface area contributed by atoms with Crippen molar-refractivity contribution >= 4 is 35.5 Å². The molecule has 5 amide bonds. The molecular formula is C24H46N10O5. The third-order valence-electron chi connectivity index (χ3n) is 6.37. The highest BCUT2D eigenvalue weighted by Gasteiger charge is 2.39. The third kappa shape index (κ3) is 12.3. The van der Waals surface area contributed by atoms with Crippen LogP contribution in [0.3, 0.4) is 0 Å². The number of hydrogen-bond donors (Lipinski definition) is 8. The van der Waals surface area contributed by atoms with Gasteiger partial charge in [0.25, 0.3) is 0 Å². The fourth-order valence-corrected chi connectivity index (χ4v) is 4.25. The highest BCUT2D eigenvalue weighted by Crippen LogP contribution is 2.20. The SMILES string of the molecule is CCCC[C@H](N)C(=O)N[C@@H](CCCN)C(=O)N1CCC[C@H]1C(=O)N[C@@H](CCCN=C(N)N)C(=O)NCC(N)=O. The average molecular weight is 555 g/mol. The van der Waals surface area contributed by atoms with Gasteiger partial charge < -0.3 is 49.5 Å². The lowest BCUT2D eigenvalue weighted by Crippen LogP contribution is -2.57. The number of carbonyl (C=O) groups excluding carboxylic acids is 5. The van der Waals surface area contributed by atoms with Crippen LogP contribution in [0, 0.1) is 0 Å². The van der Waals surface area contributed by atoms with Crippen molar-refractivity contribution in [3.63, 3.8) is 0 Å². The van der Waals surface area contributed by atoms with Crippen LogP contribution in [0.15, 0.2) is 4.99 Å². The minimum Gasteiger partial charge on any atom is -0.370 e. The molecule has 0 unspecified atom stereocenters. The van der Waals surface area contributed by atoms with Gasteiger partial charge >= 0.3 is 0 Å². The number of primary amides is 1. The summed E-state index contributed by atoms with van der Waals surface area (Å²) in [7, 11) is 0. The molecule has 15 heteroatoms. The second-order valence-electron chi connectivity index (χ2n) is 9.62. The fraction of sp³-hybridized carbons (Fsp3) is 0.750. The zero-order chi connectivity index (χ0) is 29.4. The van der Waals surface area contributed by atoms with E-state index in [4.69, 9.17) is 28.7 Å². The summed E-state index contributed by atoms with van der Waals surface area (Å²) < 4.78 is 0. The van der Waals surface area contributed by atoms with Gasteiger partial charge in [0, 0.05) is 13.1 Å². The van der Waals surface area contributed by atoms with Crippen molar-refractivity contribution in [1.82, 2.24) is 20.9 Å². The van der Waals surface area contributed by atoms with Crippen LogP contribution in [0.4, 0.5) is 0 Å². The molecule has 4 atom stereocenters. The zero-order valence-electron chi connectivity index (χ0n) is 22.8. The Morgan fingerprint density at radius 3 is 2.26 bits per heavy atom. The van der Waals surface area contributed by atoms with Crippen molar-refractivity contribution in [2.45, 2.75) is 88.9 Å². The number of nitrogens with zero attached hydrogens (tertiary/aromatic N) is 2. The quantitative estimate of drug-likeness (QED) is 0.0482. The molecule has 1 heterocycles. The van der Waals surface area contributed by atoms with Gasteiger partial charge in [0.2, 0.25) is 29.5 Å². The standard InChI is InChI=1S/C24H46N10O5/c1-2-3-7-15(26)20(36)33-17(8-4-11-25)23(39)34-13-6-10-18(34)22(38)32-16(9-5-12-30-24(28)29)21(37)31-14-19(27)35/h15-18H,2-14,25-26H2,1H3,(H2,27,35)(H,31,37)(H,32,38)(H,33,36)(H4,28,29,30)/t15-,16-,17-,18-/m0/s1. The molecule has 0 saturated carbocycles. The summed E-state index contributed by atoms with van der Waals surface area (Å²) in [4.78, 5) is 68.4. The van der Waals surface area contributed by atoms with E-state index in [9.17, 15) is 24.0 Å². The molecule has 0 radical (unpaired) electrons. The molecule has 0 bridgehead atoms. The van der Waals surface area contributed by atoms with E-state index in [0.29, 0.717) is 51.6 Å². The molecule has 0 aromatic heterocycles. The molecule has 0 aromatic rings. The van der Waals surface area contributed by atoms with Crippen LogP contribution in [-0.4, -0.2) is 90.7 Å². The van der Waals surface area contributed by atoms with E-state index in [2.05, 4.69) is 20.9 Å². The van der Waals surface area contributed by atoms with Gasteiger partial charge in [-0.2, -0.15) is 0 Å². The Morgan fingerprint density at radius 1 is 0.949 bits per heavy atom. The van der Waals surface area contributed by atoms with Crippen LogP contribution in [0.5, 0.6) is 0 Å². The smallest absolute Gasteiger partial charge is 0.245 e. The molecule has 1 saturated heterocycles. The van der Waals surface area contributed by atoms with Gasteiger partial charge in [-0.15, -0.1) is 0 Å². The number of hydrogen-bond acceptors (Lipinski definition) is 8. The number of amides is 5. The maximum Gasteiger partial charge on any atom is 0.245 e. The number of nitrogens with one attached hydrogen (secondary N) is 3. The lowest BCUT2D eigenvalue weighted by Gasteiger charge is -2.30. The van der Waals surface area contributed by atoms with Crippen LogP contribution in [-0.2, 0) is 24.0 Å². The number of carbonyl (C=O) groups is 5. The Labute approximate surface area is 229 Å². The van der Waals surface area contributed by atoms with E-state index in [1.807, 2.05) is 6.92 Å². The predicted molar refractivity (Wildman–Crippen MR) is 147 cm³/mol. The van der Waals surface area contributed by atoms with Gasteiger partial charge in [-0.3, -0.25) is 29.0 Å². The van der Waals surface area contributed by atoms with Gasteiger partial charge in [0.1, 0.15) is 18.1 Å². The number of unbranched alkanes of at least 4 members (excludes halogenated alkanes) is 1.